The monoisotopic (exact) mass is 621 g/mol. The van der Waals surface area contributed by atoms with Crippen molar-refractivity contribution in [3.63, 3.8) is 0 Å². The van der Waals surface area contributed by atoms with Crippen molar-refractivity contribution in [2.45, 2.75) is 30.3 Å². The van der Waals surface area contributed by atoms with Gasteiger partial charge in [0.2, 0.25) is 6.23 Å². The van der Waals surface area contributed by atoms with Crippen LogP contribution < -0.4 is 29.9 Å². The lowest BCUT2D eigenvalue weighted by Gasteiger charge is -2.32. The van der Waals surface area contributed by atoms with Crippen molar-refractivity contribution in [1.29, 1.82) is 0 Å². The Kier molecular flexibility index (Phi) is 8.80. The number of rotatable bonds is 11. The number of aromatic nitrogens is 2. The van der Waals surface area contributed by atoms with Gasteiger partial charge in [0, 0.05) is 18.0 Å². The highest BCUT2D eigenvalue weighted by molar-refractivity contribution is 8.07. The number of aliphatic hydroxyl groups excluding tert-OH is 1. The van der Waals surface area contributed by atoms with Gasteiger partial charge in [-0.2, -0.15) is 13.8 Å². The SMILES string of the molecule is COc1ccc(OP(=S)(OC[C@@]2(C(F)F)O[C@@H](n3ccc(N)nc3=O)C(F)(F)[C@@H]2O)Oc2ccc(OC)cc2)cc1. The molecule has 4 rings (SSSR count). The smallest absolute Gasteiger partial charge is 0.435 e. The van der Waals surface area contributed by atoms with Gasteiger partial charge in [0.1, 0.15) is 28.8 Å². The first-order valence-corrected chi connectivity index (χ1v) is 14.2. The zero-order chi connectivity index (χ0) is 30.0. The first kappa shape index (κ1) is 30.5. The molecule has 1 aliphatic rings. The van der Waals surface area contributed by atoms with E-state index in [2.05, 4.69) is 4.98 Å². The topological polar surface area (TPSA) is 137 Å². The molecule has 11 nitrogen and oxygen atoms in total. The number of nitrogens with zero attached hydrogens (tertiary/aromatic N) is 2. The summed E-state index contributed by atoms with van der Waals surface area (Å²) in [6, 6.07) is 12.7. The van der Waals surface area contributed by atoms with Gasteiger partial charge in [0.25, 0.3) is 6.43 Å². The van der Waals surface area contributed by atoms with Gasteiger partial charge in [-0.05, 0) is 54.6 Å². The van der Waals surface area contributed by atoms with Crippen LogP contribution >= 0.6 is 6.72 Å². The number of benzene rings is 2. The maximum atomic E-state index is 15.2. The van der Waals surface area contributed by atoms with Crippen molar-refractivity contribution in [2.75, 3.05) is 26.6 Å². The number of hydrogen-bond acceptors (Lipinski definition) is 11. The van der Waals surface area contributed by atoms with E-state index in [0.717, 1.165) is 12.3 Å². The summed E-state index contributed by atoms with van der Waals surface area (Å²) in [4.78, 5) is 15.5. The number of aliphatic hydroxyl groups is 1. The van der Waals surface area contributed by atoms with Gasteiger partial charge in [0.05, 0.1) is 20.8 Å². The first-order chi connectivity index (χ1) is 19.3. The molecule has 0 unspecified atom stereocenters. The molecular formula is C24H24F4N3O8PS. The molecular weight excluding hydrogens is 597 g/mol. The van der Waals surface area contributed by atoms with Gasteiger partial charge in [-0.15, -0.1) is 0 Å². The van der Waals surface area contributed by atoms with Gasteiger partial charge >= 0.3 is 18.3 Å². The van der Waals surface area contributed by atoms with Crippen molar-refractivity contribution >= 4 is 24.3 Å². The lowest BCUT2D eigenvalue weighted by atomic mass is 9.96. The summed E-state index contributed by atoms with van der Waals surface area (Å²) >= 11 is 5.45. The summed E-state index contributed by atoms with van der Waals surface area (Å²) in [7, 11) is 2.87. The Balaban J connectivity index is 1.67. The van der Waals surface area contributed by atoms with E-state index in [1.54, 1.807) is 0 Å². The lowest BCUT2D eigenvalue weighted by molar-refractivity contribution is -0.192. The summed E-state index contributed by atoms with van der Waals surface area (Å²) in [5.74, 6) is -3.64. The minimum absolute atomic E-state index is 0.0735. The standard InChI is InChI=1S/C24H24F4N3O8PS/c1-34-14-3-7-16(8-4-14)38-40(41,39-17-9-5-15(35-2)6-10-17)36-13-23(20(25)26)19(32)24(27,28)21(37-23)31-12-11-18(29)30-22(31)33/h3-12,19-21,32H,13H2,1-2H3,(H2,29,30,33)/t19-,21-,23-/m1/s1. The van der Waals surface area contributed by atoms with Gasteiger partial charge in [-0.3, -0.25) is 9.09 Å². The Morgan fingerprint density at radius 1 is 1.02 bits per heavy atom. The van der Waals surface area contributed by atoms with Crippen LogP contribution in [0, 0.1) is 0 Å². The number of nitrogen functional groups attached to an aromatic ring is 1. The normalized spacial score (nSPS) is 22.0. The summed E-state index contributed by atoms with van der Waals surface area (Å²) in [5.41, 5.74) is 0.700. The fourth-order valence-electron chi connectivity index (χ4n) is 3.79. The second-order valence-electron chi connectivity index (χ2n) is 8.60. The zero-order valence-electron chi connectivity index (χ0n) is 21.4. The van der Waals surface area contributed by atoms with Gasteiger partial charge in [0.15, 0.2) is 11.7 Å². The summed E-state index contributed by atoms with van der Waals surface area (Å²) in [6.45, 7) is -5.55. The van der Waals surface area contributed by atoms with E-state index >= 15 is 8.78 Å². The van der Waals surface area contributed by atoms with Crippen LogP contribution in [0.5, 0.6) is 23.0 Å². The molecule has 222 valence electrons. The van der Waals surface area contributed by atoms with Crippen molar-refractivity contribution in [1.82, 2.24) is 9.55 Å². The molecule has 1 aromatic heterocycles. The average molecular weight is 622 g/mol. The Labute approximate surface area is 235 Å². The quantitative estimate of drug-likeness (QED) is 0.239. The van der Waals surface area contributed by atoms with Crippen molar-refractivity contribution < 1.29 is 50.5 Å². The van der Waals surface area contributed by atoms with Crippen molar-refractivity contribution in [3.8, 4) is 23.0 Å². The molecule has 0 amide bonds. The van der Waals surface area contributed by atoms with Crippen LogP contribution in [0.3, 0.4) is 0 Å². The highest BCUT2D eigenvalue weighted by Crippen LogP contribution is 2.55. The van der Waals surface area contributed by atoms with Crippen LogP contribution in [0.15, 0.2) is 65.6 Å². The van der Waals surface area contributed by atoms with Crippen LogP contribution in [0.25, 0.3) is 0 Å². The number of hydrogen-bond donors (Lipinski definition) is 2. The Hall–Kier alpha value is -3.43. The van der Waals surface area contributed by atoms with E-state index in [4.69, 9.17) is 45.3 Å². The number of anilines is 1. The van der Waals surface area contributed by atoms with E-state index < -0.39 is 49.3 Å². The van der Waals surface area contributed by atoms with Gasteiger partial charge in [-0.25, -0.2) is 13.6 Å². The molecule has 2 aromatic carbocycles. The molecule has 0 radical (unpaired) electrons. The molecule has 1 saturated heterocycles. The number of ether oxygens (including phenoxy) is 3. The Morgan fingerprint density at radius 2 is 1.51 bits per heavy atom. The number of nitrogens with two attached hydrogens (primary N) is 1. The summed E-state index contributed by atoms with van der Waals surface area (Å²) in [6.07, 6.45) is -8.81. The van der Waals surface area contributed by atoms with Crippen LogP contribution in [-0.4, -0.2) is 59.5 Å². The van der Waals surface area contributed by atoms with Gasteiger partial charge < -0.3 is 34.1 Å². The van der Waals surface area contributed by atoms with Crippen molar-refractivity contribution in [2.24, 2.45) is 0 Å². The molecule has 0 spiro atoms. The molecule has 2 heterocycles. The average Bonchev–Trinajstić information content (AvgIpc) is 3.14. The number of halogens is 4. The van der Waals surface area contributed by atoms with Crippen molar-refractivity contribution in [3.05, 3.63) is 71.3 Å². The van der Waals surface area contributed by atoms with Crippen LogP contribution in [0.4, 0.5) is 23.4 Å². The maximum absolute atomic E-state index is 15.2. The second kappa shape index (κ2) is 11.8. The zero-order valence-corrected chi connectivity index (χ0v) is 23.1. The fraction of sp³-hybridized carbons (Fsp3) is 0.333. The predicted molar refractivity (Wildman–Crippen MR) is 140 cm³/mol. The van der Waals surface area contributed by atoms with E-state index in [9.17, 15) is 18.7 Å². The third-order valence-corrected chi connectivity index (χ3v) is 8.04. The van der Waals surface area contributed by atoms with Crippen LogP contribution in [0.2, 0.25) is 0 Å². The number of alkyl halides is 4. The van der Waals surface area contributed by atoms with Crippen LogP contribution in [0.1, 0.15) is 6.23 Å². The molecule has 3 atom stereocenters. The fourth-order valence-corrected chi connectivity index (χ4v) is 5.72. The molecule has 41 heavy (non-hydrogen) atoms. The Bertz CT molecular complexity index is 1410. The molecule has 17 heteroatoms. The minimum Gasteiger partial charge on any atom is -0.497 e. The van der Waals surface area contributed by atoms with Crippen LogP contribution in [-0.2, 0) is 21.1 Å². The van der Waals surface area contributed by atoms with E-state index in [-0.39, 0.29) is 21.9 Å². The molecule has 0 saturated carbocycles. The molecule has 1 fully saturated rings. The summed E-state index contributed by atoms with van der Waals surface area (Å²) < 4.78 is 91.7. The molecule has 3 N–H and O–H groups in total. The molecule has 3 aromatic rings. The van der Waals surface area contributed by atoms with E-state index in [1.807, 2.05) is 0 Å². The number of methoxy groups -OCH3 is 2. The van der Waals surface area contributed by atoms with E-state index in [0.29, 0.717) is 11.5 Å². The lowest BCUT2D eigenvalue weighted by Crippen LogP contribution is -2.54. The Morgan fingerprint density at radius 3 is 1.95 bits per heavy atom. The predicted octanol–water partition coefficient (Wildman–Crippen LogP) is 3.77. The second-order valence-corrected chi connectivity index (χ2v) is 11.5. The third-order valence-electron chi connectivity index (χ3n) is 5.96. The molecule has 0 bridgehead atoms. The van der Waals surface area contributed by atoms with Gasteiger partial charge in [-0.1, -0.05) is 0 Å². The highest BCUT2D eigenvalue weighted by atomic mass is 32.5. The molecule has 1 aliphatic heterocycles. The first-order valence-electron chi connectivity index (χ1n) is 11.6. The maximum Gasteiger partial charge on any atom is 0.435 e. The highest BCUT2D eigenvalue weighted by Gasteiger charge is 2.71. The van der Waals surface area contributed by atoms with E-state index in [1.165, 1.54) is 62.8 Å². The minimum atomic E-state index is -4.41. The third kappa shape index (κ3) is 6.26. The summed E-state index contributed by atoms with van der Waals surface area (Å²) in [5, 5.41) is 10.5. The largest absolute Gasteiger partial charge is 0.497 e. The molecule has 0 aliphatic carbocycles.